The lowest BCUT2D eigenvalue weighted by atomic mass is 9.94. The van der Waals surface area contributed by atoms with Crippen molar-refractivity contribution in [1.29, 1.82) is 0 Å². The monoisotopic (exact) mass is 447 g/mol. The highest BCUT2D eigenvalue weighted by Gasteiger charge is 2.23. The number of nitrogens with zero attached hydrogens (tertiary/aromatic N) is 2. The van der Waals surface area contributed by atoms with E-state index in [1.807, 2.05) is 0 Å². The van der Waals surface area contributed by atoms with Gasteiger partial charge in [0.25, 0.3) is 0 Å². The average Bonchev–Trinajstić information content (AvgIpc) is 3.31. The Morgan fingerprint density at radius 2 is 1.76 bits per heavy atom. The largest absolute Gasteiger partial charge is 0.493 e. The number of pyridine rings is 1. The van der Waals surface area contributed by atoms with Crippen LogP contribution in [0.15, 0.2) is 59.1 Å². The smallest absolute Gasteiger partial charge is 0.337 e. The van der Waals surface area contributed by atoms with E-state index in [0.29, 0.717) is 39.4 Å². The molecular weight excluding hydrogens is 426 g/mol. The number of rotatable bonds is 7. The van der Waals surface area contributed by atoms with Crippen LogP contribution in [0, 0.1) is 0 Å². The molecule has 4 rings (SSSR count). The zero-order valence-corrected chi connectivity index (χ0v) is 18.2. The van der Waals surface area contributed by atoms with E-state index in [9.17, 15) is 9.59 Å². The summed E-state index contributed by atoms with van der Waals surface area (Å²) in [5.74, 6) is 0.170. The maximum atomic E-state index is 13.2. The van der Waals surface area contributed by atoms with Crippen LogP contribution in [0.4, 0.5) is 0 Å². The van der Waals surface area contributed by atoms with Crippen molar-refractivity contribution < 1.29 is 28.2 Å². The molecule has 2 N–H and O–H groups in total. The molecule has 2 aromatic heterocycles. The molecule has 0 saturated heterocycles. The van der Waals surface area contributed by atoms with Gasteiger partial charge in [0.05, 0.1) is 32.9 Å². The summed E-state index contributed by atoms with van der Waals surface area (Å²) in [6.45, 7) is 0. The number of nitrogens with two attached hydrogens (primary N) is 1. The Morgan fingerprint density at radius 3 is 2.45 bits per heavy atom. The summed E-state index contributed by atoms with van der Waals surface area (Å²) in [4.78, 5) is 34.0. The number of carbonyl (C=O) groups is 2. The molecule has 9 heteroatoms. The van der Waals surface area contributed by atoms with Crippen LogP contribution in [0.3, 0.4) is 0 Å². The first-order valence-corrected chi connectivity index (χ1v) is 9.92. The van der Waals surface area contributed by atoms with Gasteiger partial charge in [-0.25, -0.2) is 9.78 Å². The number of fused-ring (bicyclic) bond motifs is 1. The van der Waals surface area contributed by atoms with E-state index in [-0.39, 0.29) is 17.2 Å². The van der Waals surface area contributed by atoms with Crippen molar-refractivity contribution >= 4 is 23.0 Å². The molecule has 9 nitrogen and oxygen atoms in total. The number of benzene rings is 2. The number of hydrogen-bond acceptors (Lipinski definition) is 9. The molecule has 0 radical (unpaired) electrons. The molecule has 0 spiro atoms. The van der Waals surface area contributed by atoms with E-state index < -0.39 is 12.0 Å². The lowest BCUT2D eigenvalue weighted by molar-refractivity contribution is 0.0600. The summed E-state index contributed by atoms with van der Waals surface area (Å²) in [5.41, 5.74) is 8.62. The van der Waals surface area contributed by atoms with Crippen LogP contribution < -0.4 is 15.2 Å². The number of Topliss-reactive ketones (excluding diaryl/α,β-unsaturated/α-hetero) is 1. The number of esters is 1. The van der Waals surface area contributed by atoms with Crippen LogP contribution in [-0.2, 0) is 4.74 Å². The van der Waals surface area contributed by atoms with Gasteiger partial charge in [0.1, 0.15) is 0 Å². The predicted molar refractivity (Wildman–Crippen MR) is 119 cm³/mol. The molecule has 0 aliphatic heterocycles. The zero-order valence-electron chi connectivity index (χ0n) is 18.2. The second kappa shape index (κ2) is 9.09. The van der Waals surface area contributed by atoms with Crippen molar-refractivity contribution in [3.8, 4) is 23.0 Å². The van der Waals surface area contributed by atoms with Gasteiger partial charge in [0.15, 0.2) is 28.5 Å². The Morgan fingerprint density at radius 1 is 0.970 bits per heavy atom. The van der Waals surface area contributed by atoms with Crippen LogP contribution >= 0.6 is 0 Å². The standard InChI is InChI=1S/C24H21N3O6/c1-30-17-7-6-13(12-19(17)31-2)21(28)20(25)14-9-15(11-16(10-14)24(29)32-3)23-27-22-18(33-23)5-4-8-26-22/h4-12,20H,25H2,1-3H3. The topological polar surface area (TPSA) is 127 Å². The number of hydrogen-bond donors (Lipinski definition) is 1. The van der Waals surface area contributed by atoms with Crippen LogP contribution in [0.1, 0.15) is 32.3 Å². The van der Waals surface area contributed by atoms with Crippen LogP contribution in [-0.4, -0.2) is 43.0 Å². The van der Waals surface area contributed by atoms with Gasteiger partial charge >= 0.3 is 5.97 Å². The number of methoxy groups -OCH3 is 3. The van der Waals surface area contributed by atoms with Gasteiger partial charge in [-0.1, -0.05) is 0 Å². The molecular formula is C24H21N3O6. The van der Waals surface area contributed by atoms with E-state index in [0.717, 1.165) is 0 Å². The molecule has 0 aliphatic carbocycles. The molecule has 0 amide bonds. The molecule has 0 fully saturated rings. The second-order valence-electron chi connectivity index (χ2n) is 7.09. The lowest BCUT2D eigenvalue weighted by Gasteiger charge is -2.15. The Hall–Kier alpha value is -4.24. The van der Waals surface area contributed by atoms with Crippen LogP contribution in [0.5, 0.6) is 11.5 Å². The molecule has 168 valence electrons. The summed E-state index contributed by atoms with van der Waals surface area (Å²) in [6.07, 6.45) is 1.60. The van der Waals surface area contributed by atoms with Gasteiger partial charge in [0.2, 0.25) is 5.89 Å². The second-order valence-corrected chi connectivity index (χ2v) is 7.09. The normalized spacial score (nSPS) is 11.8. The minimum Gasteiger partial charge on any atom is -0.493 e. The molecule has 33 heavy (non-hydrogen) atoms. The van der Waals surface area contributed by atoms with Crippen LogP contribution in [0.2, 0.25) is 0 Å². The minimum absolute atomic E-state index is 0.204. The lowest BCUT2D eigenvalue weighted by Crippen LogP contribution is -2.22. The van der Waals surface area contributed by atoms with Crippen molar-refractivity contribution in [2.75, 3.05) is 21.3 Å². The highest BCUT2D eigenvalue weighted by atomic mass is 16.5. The van der Waals surface area contributed by atoms with Gasteiger partial charge in [0, 0.05) is 17.3 Å². The van der Waals surface area contributed by atoms with Gasteiger partial charge in [-0.05, 0) is 54.1 Å². The summed E-state index contributed by atoms with van der Waals surface area (Å²) in [7, 11) is 4.26. The SMILES string of the molecule is COC(=O)c1cc(-c2nc3ncccc3o2)cc(C(N)C(=O)c2ccc(OC)c(OC)c2)c1. The third-order valence-electron chi connectivity index (χ3n) is 5.10. The molecule has 2 heterocycles. The molecule has 1 unspecified atom stereocenters. The van der Waals surface area contributed by atoms with Gasteiger partial charge in [-0.2, -0.15) is 4.98 Å². The first-order valence-electron chi connectivity index (χ1n) is 9.92. The number of ether oxygens (including phenoxy) is 3. The minimum atomic E-state index is -1.08. The number of carbonyl (C=O) groups excluding carboxylic acids is 2. The van der Waals surface area contributed by atoms with Crippen molar-refractivity contribution in [1.82, 2.24) is 9.97 Å². The average molecular weight is 447 g/mol. The highest BCUT2D eigenvalue weighted by molar-refractivity contribution is 6.01. The Kier molecular flexibility index (Phi) is 6.05. The van der Waals surface area contributed by atoms with E-state index in [2.05, 4.69) is 9.97 Å². The number of oxazole rings is 1. The van der Waals surface area contributed by atoms with Crippen molar-refractivity contribution in [3.63, 3.8) is 0 Å². The van der Waals surface area contributed by atoms with Crippen molar-refractivity contribution in [2.24, 2.45) is 5.73 Å². The van der Waals surface area contributed by atoms with E-state index in [4.69, 9.17) is 24.4 Å². The van der Waals surface area contributed by atoms with Gasteiger partial charge in [-0.3, -0.25) is 4.79 Å². The van der Waals surface area contributed by atoms with Crippen molar-refractivity contribution in [3.05, 3.63) is 71.4 Å². The first kappa shape index (κ1) is 22.0. The fourth-order valence-corrected chi connectivity index (χ4v) is 3.40. The third-order valence-corrected chi connectivity index (χ3v) is 5.10. The zero-order chi connectivity index (χ0) is 23.5. The molecule has 2 aromatic carbocycles. The van der Waals surface area contributed by atoms with E-state index in [1.165, 1.54) is 27.4 Å². The molecule has 0 aliphatic rings. The van der Waals surface area contributed by atoms with Crippen LogP contribution in [0.25, 0.3) is 22.7 Å². The fraction of sp³-hybridized carbons (Fsp3) is 0.167. The first-order chi connectivity index (χ1) is 15.9. The summed E-state index contributed by atoms with van der Waals surface area (Å²) >= 11 is 0. The summed E-state index contributed by atoms with van der Waals surface area (Å²) in [5, 5.41) is 0. The quantitative estimate of drug-likeness (QED) is 0.334. The fourth-order valence-electron chi connectivity index (χ4n) is 3.40. The Balaban J connectivity index is 1.76. The maximum Gasteiger partial charge on any atom is 0.337 e. The number of aromatic nitrogens is 2. The molecule has 0 saturated carbocycles. The summed E-state index contributed by atoms with van der Waals surface area (Å²) in [6, 6.07) is 11.9. The number of ketones is 1. The molecule has 0 bridgehead atoms. The molecule has 1 atom stereocenters. The van der Waals surface area contributed by atoms with Gasteiger partial charge < -0.3 is 24.4 Å². The Bertz CT molecular complexity index is 1310. The third kappa shape index (κ3) is 4.26. The summed E-state index contributed by atoms with van der Waals surface area (Å²) < 4.78 is 21.1. The highest BCUT2D eigenvalue weighted by Crippen LogP contribution is 2.31. The molecule has 4 aromatic rings. The van der Waals surface area contributed by atoms with E-state index >= 15 is 0 Å². The van der Waals surface area contributed by atoms with Gasteiger partial charge in [-0.15, -0.1) is 0 Å². The predicted octanol–water partition coefficient (Wildman–Crippen LogP) is 3.58. The van der Waals surface area contributed by atoms with Crippen molar-refractivity contribution in [2.45, 2.75) is 6.04 Å². The Labute approximate surface area is 189 Å². The van der Waals surface area contributed by atoms with E-state index in [1.54, 1.807) is 48.7 Å². The maximum absolute atomic E-state index is 13.2.